The van der Waals surface area contributed by atoms with E-state index in [4.69, 9.17) is 0 Å². The second-order valence-corrected chi connectivity index (χ2v) is 6.71. The van der Waals surface area contributed by atoms with Crippen LogP contribution in [-0.2, 0) is 0 Å². The Bertz CT molecular complexity index is 631. The zero-order valence-electron chi connectivity index (χ0n) is 9.28. The molecule has 0 fully saturated rings. The molecule has 1 nitrogen and oxygen atoms in total. The summed E-state index contributed by atoms with van der Waals surface area (Å²) in [5.74, 6) is 0.0891. The smallest absolute Gasteiger partial charge is 0.194 e. The lowest BCUT2D eigenvalue weighted by Gasteiger charge is -2.21. The summed E-state index contributed by atoms with van der Waals surface area (Å²) < 4.78 is 0.863. The fourth-order valence-electron chi connectivity index (χ4n) is 2.29. The SMILES string of the molecule is O=C1c2ccccc2C(=C(Br)Br)c2ccccc21. The Hall–Kier alpha value is -1.19. The molecule has 0 aromatic heterocycles. The summed E-state index contributed by atoms with van der Waals surface area (Å²) in [6.07, 6.45) is 0. The molecule has 1 aliphatic rings. The Morgan fingerprint density at radius 1 is 0.722 bits per heavy atom. The van der Waals surface area contributed by atoms with Crippen LogP contribution < -0.4 is 0 Å². The van der Waals surface area contributed by atoms with E-state index in [1.165, 1.54) is 0 Å². The van der Waals surface area contributed by atoms with Gasteiger partial charge in [0.1, 0.15) is 0 Å². The highest BCUT2D eigenvalue weighted by Gasteiger charge is 2.27. The predicted octanol–water partition coefficient (Wildman–Crippen LogP) is 4.74. The van der Waals surface area contributed by atoms with E-state index in [0.717, 1.165) is 31.2 Å². The van der Waals surface area contributed by atoms with E-state index < -0.39 is 0 Å². The molecule has 0 spiro atoms. The van der Waals surface area contributed by atoms with Crippen molar-refractivity contribution in [2.24, 2.45) is 0 Å². The Morgan fingerprint density at radius 2 is 1.11 bits per heavy atom. The molecule has 2 aromatic carbocycles. The molecule has 0 saturated carbocycles. The molecule has 0 amide bonds. The topological polar surface area (TPSA) is 17.1 Å². The minimum absolute atomic E-state index is 0.0891. The maximum Gasteiger partial charge on any atom is 0.194 e. The average molecular weight is 364 g/mol. The van der Waals surface area contributed by atoms with Gasteiger partial charge in [-0.05, 0) is 43.0 Å². The standard InChI is InChI=1S/C15H8Br2O/c16-15(17)13-9-5-1-3-7-11(9)14(18)12-8-4-2-6-10(12)13/h1-8H. The third-order valence-corrected chi connectivity index (χ3v) is 3.86. The molecular weight excluding hydrogens is 356 g/mol. The fraction of sp³-hybridized carbons (Fsp3) is 0. The Kier molecular flexibility index (Phi) is 2.96. The zero-order chi connectivity index (χ0) is 12.7. The average Bonchev–Trinajstić information content (AvgIpc) is 2.39. The van der Waals surface area contributed by atoms with Gasteiger partial charge in [-0.25, -0.2) is 0 Å². The van der Waals surface area contributed by atoms with E-state index in [-0.39, 0.29) is 5.78 Å². The van der Waals surface area contributed by atoms with Crippen molar-refractivity contribution >= 4 is 43.2 Å². The molecule has 0 N–H and O–H groups in total. The Balaban J connectivity index is 2.42. The fourth-order valence-corrected chi connectivity index (χ4v) is 3.15. The summed E-state index contributed by atoms with van der Waals surface area (Å²) in [6.45, 7) is 0. The second-order valence-electron chi connectivity index (χ2n) is 4.06. The largest absolute Gasteiger partial charge is 0.289 e. The number of ketones is 1. The van der Waals surface area contributed by atoms with Gasteiger partial charge in [0.05, 0.1) is 3.39 Å². The molecule has 3 heteroatoms. The van der Waals surface area contributed by atoms with Crippen LogP contribution in [0.5, 0.6) is 0 Å². The van der Waals surface area contributed by atoms with Crippen LogP contribution >= 0.6 is 31.9 Å². The van der Waals surface area contributed by atoms with Crippen LogP contribution in [0.4, 0.5) is 0 Å². The lowest BCUT2D eigenvalue weighted by atomic mass is 9.82. The number of carbonyl (C=O) groups excluding carboxylic acids is 1. The van der Waals surface area contributed by atoms with E-state index >= 15 is 0 Å². The molecule has 0 bridgehead atoms. The van der Waals surface area contributed by atoms with Gasteiger partial charge in [0, 0.05) is 16.7 Å². The molecule has 3 rings (SSSR count). The van der Waals surface area contributed by atoms with E-state index in [9.17, 15) is 4.79 Å². The van der Waals surface area contributed by atoms with Crippen molar-refractivity contribution < 1.29 is 4.79 Å². The molecule has 0 heterocycles. The van der Waals surface area contributed by atoms with Gasteiger partial charge in [0.25, 0.3) is 0 Å². The number of hydrogen-bond acceptors (Lipinski definition) is 1. The number of carbonyl (C=O) groups is 1. The molecular formula is C15H8Br2O. The maximum absolute atomic E-state index is 12.4. The summed E-state index contributed by atoms with van der Waals surface area (Å²) in [5, 5.41) is 0. The van der Waals surface area contributed by atoms with Gasteiger partial charge in [-0.3, -0.25) is 4.79 Å². The predicted molar refractivity (Wildman–Crippen MR) is 80.2 cm³/mol. The molecule has 0 atom stereocenters. The highest BCUT2D eigenvalue weighted by atomic mass is 79.9. The molecule has 0 unspecified atom stereocenters. The van der Waals surface area contributed by atoms with Gasteiger partial charge in [0.2, 0.25) is 0 Å². The molecule has 1 aliphatic carbocycles. The van der Waals surface area contributed by atoms with Gasteiger partial charge < -0.3 is 0 Å². The first-order valence-corrected chi connectivity index (χ1v) is 7.07. The summed E-state index contributed by atoms with van der Waals surface area (Å²) in [5.41, 5.74) is 4.46. The summed E-state index contributed by atoms with van der Waals surface area (Å²) in [7, 11) is 0. The second kappa shape index (κ2) is 4.48. The van der Waals surface area contributed by atoms with Gasteiger partial charge in [0.15, 0.2) is 5.78 Å². The van der Waals surface area contributed by atoms with Crippen molar-refractivity contribution in [3.05, 3.63) is 74.2 Å². The van der Waals surface area contributed by atoms with Crippen molar-refractivity contribution in [3.8, 4) is 0 Å². The molecule has 0 aliphatic heterocycles. The van der Waals surface area contributed by atoms with Crippen LogP contribution in [-0.4, -0.2) is 5.78 Å². The third kappa shape index (κ3) is 1.70. The van der Waals surface area contributed by atoms with Crippen LogP contribution in [0.25, 0.3) is 5.57 Å². The highest BCUT2D eigenvalue weighted by Crippen LogP contribution is 2.40. The summed E-state index contributed by atoms with van der Waals surface area (Å²) in [4.78, 5) is 12.4. The van der Waals surface area contributed by atoms with Crippen LogP contribution in [0.2, 0.25) is 0 Å². The van der Waals surface area contributed by atoms with Gasteiger partial charge in [-0.1, -0.05) is 48.5 Å². The molecule has 88 valence electrons. The molecule has 18 heavy (non-hydrogen) atoms. The van der Waals surface area contributed by atoms with Crippen molar-refractivity contribution in [2.45, 2.75) is 0 Å². The van der Waals surface area contributed by atoms with E-state index in [1.807, 2.05) is 48.5 Å². The number of benzene rings is 2. The third-order valence-electron chi connectivity index (χ3n) is 3.07. The number of halogens is 2. The van der Waals surface area contributed by atoms with E-state index in [1.54, 1.807) is 0 Å². The Morgan fingerprint density at radius 3 is 1.50 bits per heavy atom. The van der Waals surface area contributed by atoms with Gasteiger partial charge >= 0.3 is 0 Å². The first-order chi connectivity index (χ1) is 8.70. The summed E-state index contributed by atoms with van der Waals surface area (Å²) in [6, 6.07) is 15.4. The minimum Gasteiger partial charge on any atom is -0.289 e. The number of rotatable bonds is 0. The van der Waals surface area contributed by atoms with Crippen molar-refractivity contribution in [2.75, 3.05) is 0 Å². The van der Waals surface area contributed by atoms with Crippen molar-refractivity contribution in [1.82, 2.24) is 0 Å². The van der Waals surface area contributed by atoms with Gasteiger partial charge in [-0.2, -0.15) is 0 Å². The maximum atomic E-state index is 12.4. The molecule has 0 radical (unpaired) electrons. The minimum atomic E-state index is 0.0891. The van der Waals surface area contributed by atoms with Gasteiger partial charge in [-0.15, -0.1) is 0 Å². The van der Waals surface area contributed by atoms with E-state index in [2.05, 4.69) is 31.9 Å². The van der Waals surface area contributed by atoms with Crippen LogP contribution in [0.1, 0.15) is 27.0 Å². The van der Waals surface area contributed by atoms with Crippen molar-refractivity contribution in [3.63, 3.8) is 0 Å². The van der Waals surface area contributed by atoms with Crippen LogP contribution in [0.15, 0.2) is 51.9 Å². The number of fused-ring (bicyclic) bond motifs is 2. The molecule has 2 aromatic rings. The monoisotopic (exact) mass is 362 g/mol. The lowest BCUT2D eigenvalue weighted by Crippen LogP contribution is -2.14. The number of hydrogen-bond donors (Lipinski definition) is 0. The summed E-state index contributed by atoms with van der Waals surface area (Å²) >= 11 is 6.96. The van der Waals surface area contributed by atoms with Crippen LogP contribution in [0, 0.1) is 0 Å². The van der Waals surface area contributed by atoms with E-state index in [0.29, 0.717) is 0 Å². The highest BCUT2D eigenvalue weighted by molar-refractivity contribution is 9.28. The first kappa shape index (κ1) is 11.9. The van der Waals surface area contributed by atoms with Crippen LogP contribution in [0.3, 0.4) is 0 Å². The normalized spacial score (nSPS) is 13.0. The quantitative estimate of drug-likeness (QED) is 0.563. The first-order valence-electron chi connectivity index (χ1n) is 5.49. The Labute approximate surface area is 122 Å². The molecule has 0 saturated heterocycles. The lowest BCUT2D eigenvalue weighted by molar-refractivity contribution is 0.103. The zero-order valence-corrected chi connectivity index (χ0v) is 12.5. The van der Waals surface area contributed by atoms with Crippen molar-refractivity contribution in [1.29, 1.82) is 0 Å².